The molecular weight excluding hydrogens is 184 g/mol. The number of nitrogens with zero attached hydrogens (tertiary/aromatic N) is 2. The van der Waals surface area contributed by atoms with Crippen LogP contribution in [0.25, 0.3) is 0 Å². The molecule has 0 rings (SSSR count). The van der Waals surface area contributed by atoms with Gasteiger partial charge < -0.3 is 5.73 Å². The van der Waals surface area contributed by atoms with Crippen LogP contribution in [-0.4, -0.2) is 36.0 Å². The SMILES string of the molecule is CC(C)N(CC#N)CC(=O)NC(N)=O. The van der Waals surface area contributed by atoms with Crippen LogP contribution in [0, 0.1) is 11.3 Å². The molecule has 0 aliphatic carbocycles. The lowest BCUT2D eigenvalue weighted by molar-refractivity contribution is -0.121. The van der Waals surface area contributed by atoms with E-state index in [0.29, 0.717) is 0 Å². The summed E-state index contributed by atoms with van der Waals surface area (Å²) in [6.07, 6.45) is 0. The zero-order chi connectivity index (χ0) is 11.1. The summed E-state index contributed by atoms with van der Waals surface area (Å²) in [6.45, 7) is 3.85. The Labute approximate surface area is 82.7 Å². The Morgan fingerprint density at radius 2 is 2.14 bits per heavy atom. The van der Waals surface area contributed by atoms with Gasteiger partial charge >= 0.3 is 6.03 Å². The summed E-state index contributed by atoms with van der Waals surface area (Å²) in [5.41, 5.74) is 4.76. The van der Waals surface area contributed by atoms with Crippen LogP contribution in [0.3, 0.4) is 0 Å². The fraction of sp³-hybridized carbons (Fsp3) is 0.625. The third-order valence-electron chi connectivity index (χ3n) is 1.61. The maximum atomic E-state index is 11.1. The summed E-state index contributed by atoms with van der Waals surface area (Å²) < 4.78 is 0. The number of hydrogen-bond acceptors (Lipinski definition) is 4. The third kappa shape index (κ3) is 5.11. The standard InChI is InChI=1S/C8H14N4O2/c1-6(2)12(4-3-9)5-7(13)11-8(10)14/h6H,4-5H2,1-2H3,(H3,10,11,13,14). The smallest absolute Gasteiger partial charge is 0.318 e. The number of carbonyl (C=O) groups excluding carboxylic acids is 2. The molecule has 3 N–H and O–H groups in total. The van der Waals surface area contributed by atoms with Gasteiger partial charge in [-0.15, -0.1) is 0 Å². The van der Waals surface area contributed by atoms with Crippen molar-refractivity contribution >= 4 is 11.9 Å². The van der Waals surface area contributed by atoms with E-state index in [-0.39, 0.29) is 19.1 Å². The number of nitrogens with two attached hydrogens (primary N) is 1. The van der Waals surface area contributed by atoms with E-state index in [4.69, 9.17) is 11.0 Å². The van der Waals surface area contributed by atoms with Gasteiger partial charge in [0, 0.05) is 6.04 Å². The van der Waals surface area contributed by atoms with E-state index in [9.17, 15) is 9.59 Å². The lowest BCUT2D eigenvalue weighted by Crippen LogP contribution is -2.44. The molecule has 0 bridgehead atoms. The van der Waals surface area contributed by atoms with Gasteiger partial charge in [0.1, 0.15) is 0 Å². The van der Waals surface area contributed by atoms with Gasteiger partial charge in [-0.2, -0.15) is 5.26 Å². The number of primary amides is 1. The van der Waals surface area contributed by atoms with E-state index in [0.717, 1.165) is 0 Å². The number of carbonyl (C=O) groups is 2. The van der Waals surface area contributed by atoms with Crippen LogP contribution in [0.5, 0.6) is 0 Å². The van der Waals surface area contributed by atoms with E-state index >= 15 is 0 Å². The predicted molar refractivity (Wildman–Crippen MR) is 50.0 cm³/mol. The minimum atomic E-state index is -0.879. The number of nitrogens with one attached hydrogen (secondary N) is 1. The van der Waals surface area contributed by atoms with E-state index in [1.165, 1.54) is 0 Å². The van der Waals surface area contributed by atoms with Crippen LogP contribution < -0.4 is 11.1 Å². The van der Waals surface area contributed by atoms with Crippen molar-refractivity contribution in [2.75, 3.05) is 13.1 Å². The molecule has 6 nitrogen and oxygen atoms in total. The summed E-state index contributed by atoms with van der Waals surface area (Å²) >= 11 is 0. The fourth-order valence-corrected chi connectivity index (χ4v) is 0.873. The maximum Gasteiger partial charge on any atom is 0.318 e. The largest absolute Gasteiger partial charge is 0.351 e. The minimum Gasteiger partial charge on any atom is -0.351 e. The van der Waals surface area contributed by atoms with Crippen molar-refractivity contribution in [2.24, 2.45) is 5.73 Å². The van der Waals surface area contributed by atoms with Crippen molar-refractivity contribution in [3.63, 3.8) is 0 Å². The second-order valence-electron chi connectivity index (χ2n) is 3.07. The Hall–Kier alpha value is -1.61. The second-order valence-corrected chi connectivity index (χ2v) is 3.07. The Bertz CT molecular complexity index is 257. The molecule has 0 saturated heterocycles. The number of amides is 3. The highest BCUT2D eigenvalue weighted by molar-refractivity contribution is 5.94. The monoisotopic (exact) mass is 198 g/mol. The van der Waals surface area contributed by atoms with Gasteiger partial charge in [0.15, 0.2) is 0 Å². The lowest BCUT2D eigenvalue weighted by Gasteiger charge is -2.21. The Balaban J connectivity index is 4.10. The van der Waals surface area contributed by atoms with Crippen LogP contribution in [0.4, 0.5) is 4.79 Å². The van der Waals surface area contributed by atoms with Gasteiger partial charge in [-0.05, 0) is 13.8 Å². The normalized spacial score (nSPS) is 9.93. The number of urea groups is 1. The van der Waals surface area contributed by atoms with Gasteiger partial charge in [0.25, 0.3) is 0 Å². The molecule has 0 fully saturated rings. The molecule has 0 aliphatic rings. The molecule has 0 aliphatic heterocycles. The molecule has 0 saturated carbocycles. The van der Waals surface area contributed by atoms with Crippen molar-refractivity contribution in [3.05, 3.63) is 0 Å². The van der Waals surface area contributed by atoms with Crippen LogP contribution in [0.15, 0.2) is 0 Å². The Morgan fingerprint density at radius 1 is 1.57 bits per heavy atom. The molecule has 0 radical (unpaired) electrons. The minimum absolute atomic E-state index is 0.00579. The first-order valence-electron chi connectivity index (χ1n) is 4.17. The highest BCUT2D eigenvalue weighted by Gasteiger charge is 2.14. The first-order chi connectivity index (χ1) is 6.47. The summed E-state index contributed by atoms with van der Waals surface area (Å²) in [7, 11) is 0. The third-order valence-corrected chi connectivity index (χ3v) is 1.61. The van der Waals surface area contributed by atoms with E-state index in [2.05, 4.69) is 0 Å². The number of nitriles is 1. The van der Waals surface area contributed by atoms with Crippen LogP contribution in [0.1, 0.15) is 13.8 Å². The fourth-order valence-electron chi connectivity index (χ4n) is 0.873. The van der Waals surface area contributed by atoms with Crippen molar-refractivity contribution in [1.29, 1.82) is 5.26 Å². The molecule has 0 aromatic carbocycles. The first-order valence-corrected chi connectivity index (χ1v) is 4.17. The van der Waals surface area contributed by atoms with E-state index in [1.807, 2.05) is 25.2 Å². The van der Waals surface area contributed by atoms with Crippen molar-refractivity contribution in [2.45, 2.75) is 19.9 Å². The number of imide groups is 1. The highest BCUT2D eigenvalue weighted by Crippen LogP contribution is 1.95. The van der Waals surface area contributed by atoms with Gasteiger partial charge in [-0.3, -0.25) is 15.0 Å². The van der Waals surface area contributed by atoms with Crippen molar-refractivity contribution < 1.29 is 9.59 Å². The lowest BCUT2D eigenvalue weighted by atomic mass is 10.3. The van der Waals surface area contributed by atoms with Crippen LogP contribution >= 0.6 is 0 Å². The first kappa shape index (κ1) is 12.4. The number of rotatable bonds is 4. The molecule has 3 amide bonds. The van der Waals surface area contributed by atoms with Crippen molar-refractivity contribution in [3.8, 4) is 6.07 Å². The van der Waals surface area contributed by atoms with Gasteiger partial charge in [0.2, 0.25) is 5.91 Å². The Morgan fingerprint density at radius 3 is 2.50 bits per heavy atom. The molecule has 0 aromatic rings. The predicted octanol–water partition coefficient (Wildman–Crippen LogP) is -0.585. The zero-order valence-electron chi connectivity index (χ0n) is 8.28. The van der Waals surface area contributed by atoms with Gasteiger partial charge in [-0.1, -0.05) is 0 Å². The Kier molecular flexibility index (Phi) is 5.26. The quantitative estimate of drug-likeness (QED) is 0.590. The van der Waals surface area contributed by atoms with Gasteiger partial charge in [0.05, 0.1) is 19.2 Å². The van der Waals surface area contributed by atoms with Crippen LogP contribution in [-0.2, 0) is 4.79 Å². The zero-order valence-corrected chi connectivity index (χ0v) is 8.28. The molecule has 0 spiro atoms. The topological polar surface area (TPSA) is 99.2 Å². The summed E-state index contributed by atoms with van der Waals surface area (Å²) in [5.74, 6) is -0.499. The van der Waals surface area contributed by atoms with E-state index < -0.39 is 11.9 Å². The molecule has 14 heavy (non-hydrogen) atoms. The average molecular weight is 198 g/mol. The number of hydrogen-bond donors (Lipinski definition) is 2. The second kappa shape index (κ2) is 5.94. The molecular formula is C8H14N4O2. The summed E-state index contributed by atoms with van der Waals surface area (Å²) in [4.78, 5) is 23.0. The summed E-state index contributed by atoms with van der Waals surface area (Å²) in [5, 5.41) is 10.4. The maximum absolute atomic E-state index is 11.1. The molecule has 0 heterocycles. The highest BCUT2D eigenvalue weighted by atomic mass is 16.2. The van der Waals surface area contributed by atoms with E-state index in [1.54, 1.807) is 4.90 Å². The molecule has 0 unspecified atom stereocenters. The molecule has 6 heteroatoms. The van der Waals surface area contributed by atoms with Crippen LogP contribution in [0.2, 0.25) is 0 Å². The molecule has 0 aromatic heterocycles. The van der Waals surface area contributed by atoms with Gasteiger partial charge in [-0.25, -0.2) is 4.79 Å². The summed E-state index contributed by atoms with van der Waals surface area (Å²) in [6, 6.07) is 1.12. The molecule has 78 valence electrons. The molecule has 0 atom stereocenters. The van der Waals surface area contributed by atoms with Crippen molar-refractivity contribution in [1.82, 2.24) is 10.2 Å². The average Bonchev–Trinajstić information content (AvgIpc) is 2.01.